The molecule has 31 heavy (non-hydrogen) atoms. The van der Waals surface area contributed by atoms with E-state index in [-0.39, 0.29) is 12.5 Å². The number of anilines is 2. The van der Waals surface area contributed by atoms with Crippen LogP contribution in [0.2, 0.25) is 0 Å². The van der Waals surface area contributed by atoms with E-state index in [0.29, 0.717) is 11.3 Å². The standard InChI is InChI=1S/C25H28N2O3S/c1-17-13-18(2)15-23(14-17)27(31(5,29)30)16-21-9-11-22(12-10-21)25(28)26-24-19(3)7-6-8-20(24)4/h6-15H,16H2,1-5H3,(H,26,28). The summed E-state index contributed by atoms with van der Waals surface area (Å²) in [4.78, 5) is 12.7. The fourth-order valence-corrected chi connectivity index (χ4v) is 4.49. The van der Waals surface area contributed by atoms with Gasteiger partial charge in [0.2, 0.25) is 10.0 Å². The molecule has 162 valence electrons. The van der Waals surface area contributed by atoms with Crippen molar-refractivity contribution in [3.63, 3.8) is 0 Å². The van der Waals surface area contributed by atoms with Gasteiger partial charge >= 0.3 is 0 Å². The molecule has 1 amide bonds. The second kappa shape index (κ2) is 8.94. The van der Waals surface area contributed by atoms with Gasteiger partial charge in [-0.1, -0.05) is 36.4 Å². The van der Waals surface area contributed by atoms with E-state index in [0.717, 1.165) is 33.5 Å². The van der Waals surface area contributed by atoms with Gasteiger partial charge in [-0.05, 0) is 79.8 Å². The molecule has 0 saturated carbocycles. The highest BCUT2D eigenvalue weighted by Gasteiger charge is 2.19. The molecule has 0 spiro atoms. The first-order valence-corrected chi connectivity index (χ1v) is 11.9. The summed E-state index contributed by atoms with van der Waals surface area (Å²) in [5.74, 6) is -0.196. The average molecular weight is 437 g/mol. The van der Waals surface area contributed by atoms with E-state index in [1.165, 1.54) is 10.6 Å². The SMILES string of the molecule is Cc1cc(C)cc(N(Cc2ccc(C(=O)Nc3c(C)cccc3C)cc2)S(C)(=O)=O)c1. The molecule has 0 aliphatic carbocycles. The van der Waals surface area contributed by atoms with Gasteiger partial charge in [-0.25, -0.2) is 8.42 Å². The van der Waals surface area contributed by atoms with Crippen LogP contribution in [0.3, 0.4) is 0 Å². The topological polar surface area (TPSA) is 66.5 Å². The van der Waals surface area contributed by atoms with Crippen molar-refractivity contribution in [3.8, 4) is 0 Å². The summed E-state index contributed by atoms with van der Waals surface area (Å²) in [5, 5.41) is 2.97. The van der Waals surface area contributed by atoms with E-state index in [1.807, 2.05) is 64.1 Å². The number of aryl methyl sites for hydroxylation is 4. The number of carbonyl (C=O) groups excluding carboxylic acids is 1. The monoisotopic (exact) mass is 436 g/mol. The summed E-state index contributed by atoms with van der Waals surface area (Å²) >= 11 is 0. The van der Waals surface area contributed by atoms with Crippen molar-refractivity contribution < 1.29 is 13.2 Å². The van der Waals surface area contributed by atoms with E-state index in [9.17, 15) is 13.2 Å². The maximum absolute atomic E-state index is 12.7. The van der Waals surface area contributed by atoms with Crippen LogP contribution in [-0.4, -0.2) is 20.6 Å². The van der Waals surface area contributed by atoms with Crippen LogP contribution < -0.4 is 9.62 Å². The van der Waals surface area contributed by atoms with Gasteiger partial charge in [-0.15, -0.1) is 0 Å². The minimum atomic E-state index is -3.47. The van der Waals surface area contributed by atoms with Gasteiger partial charge in [0, 0.05) is 11.3 Å². The second-order valence-corrected chi connectivity index (χ2v) is 9.94. The van der Waals surface area contributed by atoms with Crippen LogP contribution in [0.15, 0.2) is 60.7 Å². The molecule has 3 aromatic carbocycles. The minimum Gasteiger partial charge on any atom is -0.322 e. The number of nitrogens with one attached hydrogen (secondary N) is 1. The van der Waals surface area contributed by atoms with Gasteiger partial charge in [-0.3, -0.25) is 9.10 Å². The molecular weight excluding hydrogens is 408 g/mol. The number of amides is 1. The number of nitrogens with zero attached hydrogens (tertiary/aromatic N) is 1. The Morgan fingerprint density at radius 1 is 0.871 bits per heavy atom. The molecule has 0 heterocycles. The van der Waals surface area contributed by atoms with Crippen LogP contribution in [0.4, 0.5) is 11.4 Å². The van der Waals surface area contributed by atoms with Crippen molar-refractivity contribution in [2.24, 2.45) is 0 Å². The maximum atomic E-state index is 12.7. The number of sulfonamides is 1. The summed E-state index contributed by atoms with van der Waals surface area (Å²) in [6.45, 7) is 8.00. The number of hydrogen-bond donors (Lipinski definition) is 1. The van der Waals surface area contributed by atoms with Crippen molar-refractivity contribution in [1.29, 1.82) is 0 Å². The van der Waals surface area contributed by atoms with Crippen LogP contribution in [0.25, 0.3) is 0 Å². The zero-order chi connectivity index (χ0) is 22.8. The Morgan fingerprint density at radius 3 is 1.94 bits per heavy atom. The lowest BCUT2D eigenvalue weighted by Crippen LogP contribution is -2.29. The molecular formula is C25H28N2O3S. The third-order valence-corrected chi connectivity index (χ3v) is 6.30. The van der Waals surface area contributed by atoms with Crippen molar-refractivity contribution >= 4 is 27.3 Å². The summed E-state index contributed by atoms with van der Waals surface area (Å²) in [6.07, 6.45) is 1.21. The number of para-hydroxylation sites is 1. The molecule has 3 rings (SSSR count). The van der Waals surface area contributed by atoms with Crippen LogP contribution >= 0.6 is 0 Å². The first-order chi connectivity index (χ1) is 14.5. The number of hydrogen-bond acceptors (Lipinski definition) is 3. The van der Waals surface area contributed by atoms with E-state index in [1.54, 1.807) is 24.3 Å². The van der Waals surface area contributed by atoms with Crippen molar-refractivity contribution in [3.05, 3.63) is 94.0 Å². The highest BCUT2D eigenvalue weighted by Crippen LogP contribution is 2.24. The number of benzene rings is 3. The Kier molecular flexibility index (Phi) is 6.51. The molecule has 0 aromatic heterocycles. The Balaban J connectivity index is 1.82. The number of carbonyl (C=O) groups is 1. The summed E-state index contributed by atoms with van der Waals surface area (Å²) < 4.78 is 26.3. The molecule has 1 N–H and O–H groups in total. The largest absolute Gasteiger partial charge is 0.322 e. The predicted octanol–water partition coefficient (Wildman–Crippen LogP) is 5.14. The van der Waals surface area contributed by atoms with Crippen molar-refractivity contribution in [1.82, 2.24) is 0 Å². The van der Waals surface area contributed by atoms with Crippen LogP contribution in [0.5, 0.6) is 0 Å². The Morgan fingerprint density at radius 2 is 1.42 bits per heavy atom. The van der Waals surface area contributed by atoms with Crippen LogP contribution in [0.1, 0.15) is 38.2 Å². The second-order valence-electron chi connectivity index (χ2n) is 8.03. The van der Waals surface area contributed by atoms with Gasteiger partial charge in [0.25, 0.3) is 5.91 Å². The van der Waals surface area contributed by atoms with Crippen molar-refractivity contribution in [2.75, 3.05) is 15.9 Å². The maximum Gasteiger partial charge on any atom is 0.255 e. The fourth-order valence-electron chi connectivity index (χ4n) is 3.62. The molecule has 0 aliphatic heterocycles. The molecule has 6 heteroatoms. The smallest absolute Gasteiger partial charge is 0.255 e. The molecule has 0 aliphatic rings. The Hall–Kier alpha value is -3.12. The average Bonchev–Trinajstić information content (AvgIpc) is 2.67. The zero-order valence-corrected chi connectivity index (χ0v) is 19.4. The fraction of sp³-hybridized carbons (Fsp3) is 0.240. The molecule has 0 unspecified atom stereocenters. The van der Waals surface area contributed by atoms with E-state index >= 15 is 0 Å². The summed E-state index contributed by atoms with van der Waals surface area (Å²) in [7, 11) is -3.47. The van der Waals surface area contributed by atoms with Crippen LogP contribution in [0, 0.1) is 27.7 Å². The molecule has 0 bridgehead atoms. The van der Waals surface area contributed by atoms with E-state index in [4.69, 9.17) is 0 Å². The quantitative estimate of drug-likeness (QED) is 0.582. The summed E-state index contributed by atoms with van der Waals surface area (Å²) in [6, 6.07) is 18.6. The first-order valence-electron chi connectivity index (χ1n) is 10.1. The van der Waals surface area contributed by atoms with Gasteiger partial charge in [-0.2, -0.15) is 0 Å². The van der Waals surface area contributed by atoms with Gasteiger partial charge in [0.1, 0.15) is 0 Å². The predicted molar refractivity (Wildman–Crippen MR) is 127 cm³/mol. The molecule has 0 fully saturated rings. The molecule has 0 saturated heterocycles. The summed E-state index contributed by atoms with van der Waals surface area (Å²) in [5.41, 5.74) is 6.78. The lowest BCUT2D eigenvalue weighted by Gasteiger charge is -2.23. The lowest BCUT2D eigenvalue weighted by molar-refractivity contribution is 0.102. The Bertz CT molecular complexity index is 1180. The molecule has 0 radical (unpaired) electrons. The van der Waals surface area contributed by atoms with E-state index in [2.05, 4.69) is 5.32 Å². The van der Waals surface area contributed by atoms with Gasteiger partial charge in [0.15, 0.2) is 0 Å². The molecule has 0 atom stereocenters. The van der Waals surface area contributed by atoms with Crippen LogP contribution in [-0.2, 0) is 16.6 Å². The minimum absolute atomic E-state index is 0.195. The highest BCUT2D eigenvalue weighted by molar-refractivity contribution is 7.92. The molecule has 5 nitrogen and oxygen atoms in total. The van der Waals surface area contributed by atoms with E-state index < -0.39 is 10.0 Å². The Labute approximate surface area is 184 Å². The van der Waals surface area contributed by atoms with Gasteiger partial charge in [0.05, 0.1) is 18.5 Å². The first kappa shape index (κ1) is 22.6. The lowest BCUT2D eigenvalue weighted by atomic mass is 10.1. The number of rotatable bonds is 6. The van der Waals surface area contributed by atoms with Gasteiger partial charge < -0.3 is 5.32 Å². The third-order valence-electron chi connectivity index (χ3n) is 5.16. The normalized spacial score (nSPS) is 11.3. The third kappa shape index (κ3) is 5.52. The van der Waals surface area contributed by atoms with Crippen molar-refractivity contribution in [2.45, 2.75) is 34.2 Å². The zero-order valence-electron chi connectivity index (χ0n) is 18.6. The highest BCUT2D eigenvalue weighted by atomic mass is 32.2. The molecule has 3 aromatic rings.